The van der Waals surface area contributed by atoms with E-state index in [1.807, 2.05) is 0 Å². The van der Waals surface area contributed by atoms with Gasteiger partial charge in [-0.2, -0.15) is 0 Å². The molecule has 0 aliphatic heterocycles. The molecule has 2 aliphatic rings. The number of hydrogen-bond acceptors (Lipinski definition) is 2. The molecule has 3 heteroatoms. The number of nitrogens with two attached hydrogens (primary N) is 1. The van der Waals surface area contributed by atoms with E-state index in [9.17, 15) is 0 Å². The first kappa shape index (κ1) is 9.43. The summed E-state index contributed by atoms with van der Waals surface area (Å²) in [7, 11) is 0. The summed E-state index contributed by atoms with van der Waals surface area (Å²) in [4.78, 5) is 8.42. The van der Waals surface area contributed by atoms with Crippen LogP contribution in [0.1, 0.15) is 42.6 Å². The van der Waals surface area contributed by atoms with Gasteiger partial charge in [0.15, 0.2) is 0 Å². The van der Waals surface area contributed by atoms with E-state index in [0.29, 0.717) is 6.61 Å². The number of aromatic amines is 1. The molecule has 0 saturated heterocycles. The van der Waals surface area contributed by atoms with Crippen LogP contribution in [-0.2, 0) is 23.1 Å². The number of aromatic nitrogens is 1. The molecule has 1 aromatic heterocycles. The summed E-state index contributed by atoms with van der Waals surface area (Å²) >= 11 is 0. The Morgan fingerprint density at radius 3 is 2.80 bits per heavy atom. The fourth-order valence-electron chi connectivity index (χ4n) is 2.69. The molecule has 0 aromatic carbocycles. The summed E-state index contributed by atoms with van der Waals surface area (Å²) in [6.45, 7) is 0.659. The first-order valence-corrected chi connectivity index (χ1v) is 5.87. The molecule has 1 heterocycles. The van der Waals surface area contributed by atoms with Gasteiger partial charge in [-0.05, 0) is 50.2 Å². The Kier molecular flexibility index (Phi) is 2.11. The van der Waals surface area contributed by atoms with Crippen molar-refractivity contribution in [1.82, 2.24) is 4.98 Å². The fraction of sp³-hybridized carbons (Fsp3) is 0.667. The van der Waals surface area contributed by atoms with Gasteiger partial charge in [0.2, 0.25) is 0 Å². The van der Waals surface area contributed by atoms with Crippen molar-refractivity contribution in [3.63, 3.8) is 0 Å². The summed E-state index contributed by atoms with van der Waals surface area (Å²) in [5, 5.41) is 0. The van der Waals surface area contributed by atoms with Crippen molar-refractivity contribution in [1.29, 1.82) is 0 Å². The molecule has 0 spiro atoms. The highest BCUT2D eigenvalue weighted by atomic mass is 16.6. The van der Waals surface area contributed by atoms with E-state index in [0.717, 1.165) is 0 Å². The molecule has 3 rings (SSSR count). The molecular formula is C12H18N2O. The minimum Gasteiger partial charge on any atom is -0.361 e. The zero-order chi connectivity index (χ0) is 10.3. The third-order valence-corrected chi connectivity index (χ3v) is 3.90. The molecule has 3 nitrogen and oxygen atoms in total. The largest absolute Gasteiger partial charge is 0.361 e. The molecule has 0 bridgehead atoms. The quantitative estimate of drug-likeness (QED) is 0.741. The zero-order valence-electron chi connectivity index (χ0n) is 9.01. The summed E-state index contributed by atoms with van der Waals surface area (Å²) in [5.41, 5.74) is 4.57. The third-order valence-electron chi connectivity index (χ3n) is 3.90. The number of H-pyrrole nitrogens is 1. The number of nitrogens with one attached hydrogen (secondary N) is 1. The number of fused-ring (bicyclic) bond motifs is 1. The zero-order valence-corrected chi connectivity index (χ0v) is 9.01. The van der Waals surface area contributed by atoms with E-state index < -0.39 is 0 Å². The highest BCUT2D eigenvalue weighted by Crippen LogP contribution is 2.48. The average molecular weight is 206 g/mol. The third kappa shape index (κ3) is 1.50. The van der Waals surface area contributed by atoms with Crippen LogP contribution in [0.25, 0.3) is 0 Å². The predicted molar refractivity (Wildman–Crippen MR) is 58.5 cm³/mol. The Labute approximate surface area is 90.0 Å². The number of rotatable bonds is 3. The average Bonchev–Trinajstić information content (AvgIpc) is 2.91. The normalized spacial score (nSPS) is 22.5. The van der Waals surface area contributed by atoms with Gasteiger partial charge in [0.25, 0.3) is 0 Å². The second-order valence-corrected chi connectivity index (χ2v) is 4.99. The number of aryl methyl sites for hydroxylation is 2. The lowest BCUT2D eigenvalue weighted by molar-refractivity contribution is 0.115. The first-order valence-electron chi connectivity index (χ1n) is 5.87. The lowest BCUT2D eigenvalue weighted by Crippen LogP contribution is -2.18. The van der Waals surface area contributed by atoms with Crippen LogP contribution >= 0.6 is 0 Å². The van der Waals surface area contributed by atoms with Gasteiger partial charge in [-0.15, -0.1) is 0 Å². The molecule has 0 amide bonds. The standard InChI is InChI=1S/C12H18N2O/c13-15-8-12(5-6-12)11-7-9-3-1-2-4-10(9)14-11/h7,14H,1-6,8,13H2. The lowest BCUT2D eigenvalue weighted by Gasteiger charge is -2.11. The second-order valence-electron chi connectivity index (χ2n) is 4.99. The minimum atomic E-state index is 0.228. The Balaban J connectivity index is 1.89. The maximum absolute atomic E-state index is 5.20. The first-order chi connectivity index (χ1) is 7.34. The van der Waals surface area contributed by atoms with Crippen molar-refractivity contribution < 1.29 is 4.84 Å². The monoisotopic (exact) mass is 206 g/mol. The second kappa shape index (κ2) is 3.35. The SMILES string of the molecule is NOCC1(c2cc3c([nH]2)CCCC3)CC1. The summed E-state index contributed by atoms with van der Waals surface area (Å²) in [6.07, 6.45) is 7.55. The molecule has 0 radical (unpaired) electrons. The van der Waals surface area contributed by atoms with Crippen LogP contribution in [0.2, 0.25) is 0 Å². The van der Waals surface area contributed by atoms with E-state index in [1.165, 1.54) is 55.5 Å². The van der Waals surface area contributed by atoms with E-state index in [1.54, 1.807) is 0 Å². The molecule has 1 fully saturated rings. The van der Waals surface area contributed by atoms with Crippen LogP contribution in [0, 0.1) is 0 Å². The molecule has 1 aromatic rings. The maximum Gasteiger partial charge on any atom is 0.0790 e. The van der Waals surface area contributed by atoms with Crippen LogP contribution in [0.4, 0.5) is 0 Å². The van der Waals surface area contributed by atoms with Gasteiger partial charge >= 0.3 is 0 Å². The van der Waals surface area contributed by atoms with Crippen molar-refractivity contribution in [2.75, 3.05) is 6.61 Å². The molecule has 15 heavy (non-hydrogen) atoms. The van der Waals surface area contributed by atoms with Crippen LogP contribution in [0.3, 0.4) is 0 Å². The summed E-state index contributed by atoms with van der Waals surface area (Å²) in [5.74, 6) is 5.20. The van der Waals surface area contributed by atoms with E-state index in [2.05, 4.69) is 11.1 Å². The van der Waals surface area contributed by atoms with Crippen molar-refractivity contribution in [2.45, 2.75) is 43.9 Å². The minimum absolute atomic E-state index is 0.228. The van der Waals surface area contributed by atoms with Gasteiger partial charge in [-0.25, -0.2) is 5.90 Å². The van der Waals surface area contributed by atoms with E-state index in [4.69, 9.17) is 10.7 Å². The van der Waals surface area contributed by atoms with Crippen molar-refractivity contribution >= 4 is 0 Å². The molecule has 1 saturated carbocycles. The van der Waals surface area contributed by atoms with Crippen LogP contribution in [0.15, 0.2) is 6.07 Å². The smallest absolute Gasteiger partial charge is 0.0790 e. The molecule has 2 aliphatic carbocycles. The van der Waals surface area contributed by atoms with E-state index in [-0.39, 0.29) is 5.41 Å². The van der Waals surface area contributed by atoms with Gasteiger partial charge < -0.3 is 9.82 Å². The molecular weight excluding hydrogens is 188 g/mol. The van der Waals surface area contributed by atoms with Crippen LogP contribution in [-0.4, -0.2) is 11.6 Å². The number of hydrogen-bond donors (Lipinski definition) is 2. The van der Waals surface area contributed by atoms with Gasteiger partial charge in [0.05, 0.1) is 6.61 Å². The highest BCUT2D eigenvalue weighted by molar-refractivity contribution is 5.35. The van der Waals surface area contributed by atoms with Crippen LogP contribution in [0.5, 0.6) is 0 Å². The van der Waals surface area contributed by atoms with Gasteiger partial charge in [0.1, 0.15) is 0 Å². The predicted octanol–water partition coefficient (Wildman–Crippen LogP) is 1.82. The summed E-state index contributed by atoms with van der Waals surface area (Å²) < 4.78 is 0. The molecule has 82 valence electrons. The topological polar surface area (TPSA) is 51.0 Å². The Bertz CT molecular complexity index is 342. The van der Waals surface area contributed by atoms with Crippen molar-refractivity contribution in [2.24, 2.45) is 5.90 Å². The fourth-order valence-corrected chi connectivity index (χ4v) is 2.69. The van der Waals surface area contributed by atoms with Gasteiger partial charge in [-0.3, -0.25) is 0 Å². The molecule has 0 atom stereocenters. The summed E-state index contributed by atoms with van der Waals surface area (Å²) in [6, 6.07) is 2.35. The maximum atomic E-state index is 5.20. The van der Waals surface area contributed by atoms with Gasteiger partial charge in [0, 0.05) is 16.8 Å². The molecule has 3 N–H and O–H groups in total. The Hall–Kier alpha value is -0.800. The van der Waals surface area contributed by atoms with Crippen molar-refractivity contribution in [3.8, 4) is 0 Å². The Morgan fingerprint density at radius 1 is 1.33 bits per heavy atom. The van der Waals surface area contributed by atoms with Crippen LogP contribution < -0.4 is 5.90 Å². The van der Waals surface area contributed by atoms with E-state index >= 15 is 0 Å². The van der Waals surface area contributed by atoms with Gasteiger partial charge in [-0.1, -0.05) is 0 Å². The van der Waals surface area contributed by atoms with Crippen molar-refractivity contribution in [3.05, 3.63) is 23.0 Å². The lowest BCUT2D eigenvalue weighted by atomic mass is 9.97. The highest BCUT2D eigenvalue weighted by Gasteiger charge is 2.46. The molecule has 0 unspecified atom stereocenters. The Morgan fingerprint density at radius 2 is 2.13 bits per heavy atom.